The second-order valence-electron chi connectivity index (χ2n) is 6.60. The lowest BCUT2D eigenvalue weighted by Crippen LogP contribution is -2.36. The average molecular weight is 351 g/mol. The predicted molar refractivity (Wildman–Crippen MR) is 101 cm³/mol. The lowest BCUT2D eigenvalue weighted by atomic mass is 9.99. The van der Waals surface area contributed by atoms with Crippen LogP contribution in [-0.4, -0.2) is 49.3 Å². The van der Waals surface area contributed by atoms with Crippen LogP contribution >= 0.6 is 11.8 Å². The fourth-order valence-corrected chi connectivity index (χ4v) is 3.75. The lowest BCUT2D eigenvalue weighted by Gasteiger charge is -2.30. The summed E-state index contributed by atoms with van der Waals surface area (Å²) < 4.78 is 5.15. The van der Waals surface area contributed by atoms with E-state index in [1.54, 1.807) is 18.9 Å². The quantitative estimate of drug-likeness (QED) is 0.576. The summed E-state index contributed by atoms with van der Waals surface area (Å²) in [6.07, 6.45) is 3.64. The van der Waals surface area contributed by atoms with E-state index in [0.29, 0.717) is 0 Å². The van der Waals surface area contributed by atoms with Crippen molar-refractivity contribution in [1.82, 2.24) is 10.2 Å². The normalized spacial score (nSPS) is 17.5. The van der Waals surface area contributed by atoms with Crippen molar-refractivity contribution >= 4 is 17.7 Å². The molecule has 0 saturated carbocycles. The van der Waals surface area contributed by atoms with Gasteiger partial charge in [-0.25, -0.2) is 0 Å². The van der Waals surface area contributed by atoms with Crippen LogP contribution in [0.5, 0.6) is 5.75 Å². The minimum Gasteiger partial charge on any atom is -0.497 e. The Labute approximate surface area is 150 Å². The fraction of sp³-hybridized carbons (Fsp3) is 0.632. The summed E-state index contributed by atoms with van der Waals surface area (Å²) in [4.78, 5) is 15.8. The van der Waals surface area contributed by atoms with E-state index in [0.717, 1.165) is 36.1 Å². The number of likely N-dealkylation sites (tertiary alicyclic amines) is 1. The van der Waals surface area contributed by atoms with Crippen LogP contribution in [-0.2, 0) is 4.79 Å². The van der Waals surface area contributed by atoms with Gasteiger partial charge < -0.3 is 15.0 Å². The molecule has 1 unspecified atom stereocenters. The molecule has 1 N–H and O–H groups in total. The first-order valence-electron chi connectivity index (χ1n) is 8.89. The molecule has 0 radical (unpaired) electrons. The summed E-state index contributed by atoms with van der Waals surface area (Å²) >= 11 is 1.58. The first-order valence-corrected chi connectivity index (χ1v) is 9.77. The van der Waals surface area contributed by atoms with E-state index in [4.69, 9.17) is 4.74 Å². The zero-order chi connectivity index (χ0) is 17.4. The van der Waals surface area contributed by atoms with Gasteiger partial charge in [0.15, 0.2) is 0 Å². The molecule has 5 heteroatoms. The molecule has 24 heavy (non-hydrogen) atoms. The number of rotatable bonds is 8. The van der Waals surface area contributed by atoms with Crippen LogP contribution in [0.3, 0.4) is 0 Å². The molecule has 0 aliphatic carbocycles. The number of amides is 1. The highest BCUT2D eigenvalue weighted by molar-refractivity contribution is 8.00. The van der Waals surface area contributed by atoms with E-state index < -0.39 is 0 Å². The third kappa shape index (κ3) is 6.36. The van der Waals surface area contributed by atoms with Gasteiger partial charge in [0.2, 0.25) is 5.91 Å². The van der Waals surface area contributed by atoms with Crippen molar-refractivity contribution < 1.29 is 9.53 Å². The molecular weight excluding hydrogens is 320 g/mol. The number of hydrogen-bond donors (Lipinski definition) is 1. The van der Waals surface area contributed by atoms with E-state index >= 15 is 0 Å². The monoisotopic (exact) mass is 350 g/mol. The number of methoxy groups -OCH3 is 1. The maximum Gasteiger partial charge on any atom is 0.233 e. The number of benzene rings is 1. The second-order valence-corrected chi connectivity index (χ2v) is 8.02. The van der Waals surface area contributed by atoms with Crippen molar-refractivity contribution in [3.05, 3.63) is 24.3 Å². The van der Waals surface area contributed by atoms with Gasteiger partial charge in [-0.15, -0.1) is 11.8 Å². The van der Waals surface area contributed by atoms with Gasteiger partial charge in [-0.2, -0.15) is 0 Å². The van der Waals surface area contributed by atoms with E-state index in [1.165, 1.54) is 25.9 Å². The van der Waals surface area contributed by atoms with Gasteiger partial charge >= 0.3 is 0 Å². The molecule has 1 heterocycles. The van der Waals surface area contributed by atoms with E-state index in [-0.39, 0.29) is 11.2 Å². The molecule has 1 aromatic carbocycles. The summed E-state index contributed by atoms with van der Waals surface area (Å²) in [6.45, 7) is 8.55. The Hall–Kier alpha value is -1.20. The van der Waals surface area contributed by atoms with Crippen molar-refractivity contribution in [2.75, 3.05) is 33.3 Å². The average Bonchev–Trinajstić information content (AvgIpc) is 2.60. The highest BCUT2D eigenvalue weighted by atomic mass is 32.2. The number of nitrogens with one attached hydrogen (secondary N) is 1. The van der Waals surface area contributed by atoms with Crippen LogP contribution in [0.15, 0.2) is 29.2 Å². The van der Waals surface area contributed by atoms with E-state index in [2.05, 4.69) is 17.1 Å². The molecule has 1 fully saturated rings. The van der Waals surface area contributed by atoms with Crippen molar-refractivity contribution in [1.29, 1.82) is 0 Å². The summed E-state index contributed by atoms with van der Waals surface area (Å²) in [5.74, 6) is 1.82. The van der Waals surface area contributed by atoms with Gasteiger partial charge in [-0.05, 0) is 76.0 Å². The van der Waals surface area contributed by atoms with Gasteiger partial charge in [-0.1, -0.05) is 6.92 Å². The van der Waals surface area contributed by atoms with Crippen molar-refractivity contribution in [3.8, 4) is 5.75 Å². The van der Waals surface area contributed by atoms with Gasteiger partial charge in [0, 0.05) is 11.4 Å². The highest BCUT2D eigenvalue weighted by Crippen LogP contribution is 2.25. The molecule has 0 aromatic heterocycles. The Morgan fingerprint density at radius 1 is 1.33 bits per heavy atom. The number of carbonyl (C=O) groups excluding carboxylic acids is 1. The molecule has 1 aliphatic rings. The first-order chi connectivity index (χ1) is 11.6. The predicted octanol–water partition coefficient (Wildman–Crippen LogP) is 3.41. The van der Waals surface area contributed by atoms with Gasteiger partial charge in [0.1, 0.15) is 5.75 Å². The Morgan fingerprint density at radius 2 is 2.00 bits per heavy atom. The summed E-state index contributed by atoms with van der Waals surface area (Å²) in [5, 5.41) is 2.97. The smallest absolute Gasteiger partial charge is 0.233 e. The van der Waals surface area contributed by atoms with E-state index in [1.807, 2.05) is 31.2 Å². The van der Waals surface area contributed by atoms with Crippen LogP contribution in [0.2, 0.25) is 0 Å². The molecule has 1 aromatic rings. The van der Waals surface area contributed by atoms with Crippen molar-refractivity contribution in [2.45, 2.75) is 43.3 Å². The number of piperidine rings is 1. The second kappa shape index (κ2) is 9.94. The molecule has 2 rings (SSSR count). The van der Waals surface area contributed by atoms with Crippen LogP contribution < -0.4 is 10.1 Å². The van der Waals surface area contributed by atoms with Gasteiger partial charge in [-0.3, -0.25) is 4.79 Å². The number of carbonyl (C=O) groups is 1. The Bertz CT molecular complexity index is 499. The largest absolute Gasteiger partial charge is 0.497 e. The Kier molecular flexibility index (Phi) is 7.92. The molecule has 0 bridgehead atoms. The molecule has 1 saturated heterocycles. The minimum atomic E-state index is -0.0887. The lowest BCUT2D eigenvalue weighted by molar-refractivity contribution is -0.120. The van der Waals surface area contributed by atoms with Crippen LogP contribution in [0.25, 0.3) is 0 Å². The zero-order valence-electron chi connectivity index (χ0n) is 15.1. The molecule has 0 spiro atoms. The van der Waals surface area contributed by atoms with Gasteiger partial charge in [0.25, 0.3) is 0 Å². The van der Waals surface area contributed by atoms with Crippen LogP contribution in [0, 0.1) is 5.92 Å². The minimum absolute atomic E-state index is 0.0887. The Balaban J connectivity index is 1.62. The van der Waals surface area contributed by atoms with Crippen LogP contribution in [0.1, 0.15) is 33.1 Å². The SMILES string of the molecule is COc1ccc(SC(C)C(=O)NCCCN2CCC(C)CC2)cc1. The Morgan fingerprint density at radius 3 is 2.62 bits per heavy atom. The number of hydrogen-bond acceptors (Lipinski definition) is 4. The first kappa shape index (κ1) is 19.1. The summed E-state index contributed by atoms with van der Waals surface area (Å²) in [5.41, 5.74) is 0. The summed E-state index contributed by atoms with van der Waals surface area (Å²) in [7, 11) is 1.66. The maximum absolute atomic E-state index is 12.2. The van der Waals surface area contributed by atoms with Crippen molar-refractivity contribution in [2.24, 2.45) is 5.92 Å². The molecule has 4 nitrogen and oxygen atoms in total. The topological polar surface area (TPSA) is 41.6 Å². The molecule has 1 atom stereocenters. The molecule has 1 amide bonds. The third-order valence-electron chi connectivity index (χ3n) is 4.57. The number of nitrogens with zero attached hydrogens (tertiary/aromatic N) is 1. The molecule has 134 valence electrons. The standard InChI is InChI=1S/C19H30N2O2S/c1-15-9-13-21(14-10-15)12-4-11-20-19(22)16(2)24-18-7-5-17(23-3)6-8-18/h5-8,15-16H,4,9-14H2,1-3H3,(H,20,22). The van der Waals surface area contributed by atoms with E-state index in [9.17, 15) is 4.79 Å². The molecule has 1 aliphatic heterocycles. The van der Waals surface area contributed by atoms with Crippen LogP contribution in [0.4, 0.5) is 0 Å². The maximum atomic E-state index is 12.2. The summed E-state index contributed by atoms with van der Waals surface area (Å²) in [6, 6.07) is 7.83. The molecular formula is C19H30N2O2S. The zero-order valence-corrected chi connectivity index (χ0v) is 15.9. The fourth-order valence-electron chi connectivity index (χ4n) is 2.86. The van der Waals surface area contributed by atoms with Crippen molar-refractivity contribution in [3.63, 3.8) is 0 Å². The number of ether oxygens (including phenoxy) is 1. The highest BCUT2D eigenvalue weighted by Gasteiger charge is 2.16. The van der Waals surface area contributed by atoms with Gasteiger partial charge in [0.05, 0.1) is 12.4 Å². The number of thioether (sulfide) groups is 1. The third-order valence-corrected chi connectivity index (χ3v) is 5.68.